The molecule has 1 unspecified atom stereocenters. The van der Waals surface area contributed by atoms with Gasteiger partial charge in [-0.15, -0.1) is 11.3 Å². The van der Waals surface area contributed by atoms with Gasteiger partial charge in [0.2, 0.25) is 0 Å². The van der Waals surface area contributed by atoms with E-state index in [9.17, 15) is 14.4 Å². The van der Waals surface area contributed by atoms with Crippen LogP contribution in [0.15, 0.2) is 39.4 Å². The number of carbonyl (C=O) groups excluding carboxylic acids is 1. The summed E-state index contributed by atoms with van der Waals surface area (Å²) in [5, 5.41) is 2.21. The van der Waals surface area contributed by atoms with Gasteiger partial charge in [-0.25, -0.2) is 9.78 Å². The van der Waals surface area contributed by atoms with E-state index in [0.717, 1.165) is 9.44 Å². The van der Waals surface area contributed by atoms with Gasteiger partial charge >= 0.3 is 5.69 Å². The van der Waals surface area contributed by atoms with Crippen LogP contribution in [0.25, 0.3) is 11.0 Å². The molecule has 0 bridgehead atoms. The molecule has 3 aromatic rings. The third kappa shape index (κ3) is 2.78. The number of amides is 1. The summed E-state index contributed by atoms with van der Waals surface area (Å²) in [6, 6.07) is 5.33. The Hall–Kier alpha value is -2.74. The number of hydrogen-bond acceptors (Lipinski definition) is 5. The van der Waals surface area contributed by atoms with E-state index in [0.29, 0.717) is 5.56 Å². The molecule has 0 aliphatic heterocycles. The number of nitrogens with zero attached hydrogens (tertiary/aromatic N) is 4. The molecule has 130 valence electrons. The van der Waals surface area contributed by atoms with Crippen molar-refractivity contribution < 1.29 is 4.79 Å². The lowest BCUT2D eigenvalue weighted by Gasteiger charge is -2.24. The highest BCUT2D eigenvalue weighted by atomic mass is 32.1. The molecule has 3 aromatic heterocycles. The van der Waals surface area contributed by atoms with Gasteiger partial charge in [0.05, 0.1) is 17.0 Å². The predicted octanol–water partition coefficient (Wildman–Crippen LogP) is 1.53. The topological polar surface area (TPSA) is 77.2 Å². The fourth-order valence-corrected chi connectivity index (χ4v) is 3.51. The molecular formula is C17H18N4O3S. The number of fused-ring (bicyclic) bond motifs is 1. The second kappa shape index (κ2) is 6.29. The number of pyridine rings is 1. The molecule has 0 fully saturated rings. The van der Waals surface area contributed by atoms with Crippen LogP contribution >= 0.6 is 11.3 Å². The van der Waals surface area contributed by atoms with Crippen LogP contribution in [0, 0.1) is 0 Å². The molecule has 0 spiro atoms. The maximum absolute atomic E-state index is 12.8. The minimum Gasteiger partial charge on any atom is -0.334 e. The van der Waals surface area contributed by atoms with Gasteiger partial charge in [0, 0.05) is 32.2 Å². The molecule has 0 aliphatic carbocycles. The lowest BCUT2D eigenvalue weighted by Crippen LogP contribution is -2.37. The van der Waals surface area contributed by atoms with Crippen molar-refractivity contribution >= 4 is 28.3 Å². The number of aromatic nitrogens is 3. The first-order chi connectivity index (χ1) is 11.8. The van der Waals surface area contributed by atoms with Crippen LogP contribution in [0.5, 0.6) is 0 Å². The number of aryl methyl sites for hydroxylation is 1. The molecule has 0 aromatic carbocycles. The lowest BCUT2D eigenvalue weighted by molar-refractivity contribution is 0.0744. The standard InChI is InChI=1S/C17H18N4O3S/c1-10(13-6-5-7-25-13)19(2)15(22)11-8-12-14(18-9-11)20(3)17(24)21(4)16(12)23/h5-10H,1-4H3. The fraction of sp³-hybridized carbons (Fsp3) is 0.294. The number of carbonyl (C=O) groups is 1. The molecule has 0 saturated heterocycles. The van der Waals surface area contributed by atoms with Crippen molar-refractivity contribution in [3.63, 3.8) is 0 Å². The van der Waals surface area contributed by atoms with Gasteiger partial charge in [-0.05, 0) is 24.4 Å². The minimum absolute atomic E-state index is 0.0915. The summed E-state index contributed by atoms with van der Waals surface area (Å²) in [5.74, 6) is -0.230. The number of rotatable bonds is 3. The predicted molar refractivity (Wildman–Crippen MR) is 97.1 cm³/mol. The van der Waals surface area contributed by atoms with Crippen molar-refractivity contribution in [2.45, 2.75) is 13.0 Å². The smallest absolute Gasteiger partial charge is 0.332 e. The van der Waals surface area contributed by atoms with Crippen molar-refractivity contribution in [2.75, 3.05) is 7.05 Å². The van der Waals surface area contributed by atoms with E-state index in [1.807, 2.05) is 24.4 Å². The second-order valence-corrected chi connectivity index (χ2v) is 6.89. The molecule has 0 N–H and O–H groups in total. The van der Waals surface area contributed by atoms with Gasteiger partial charge < -0.3 is 4.90 Å². The molecule has 1 amide bonds. The molecule has 1 atom stereocenters. The summed E-state index contributed by atoms with van der Waals surface area (Å²) in [5.41, 5.74) is -0.338. The summed E-state index contributed by atoms with van der Waals surface area (Å²) in [7, 11) is 4.67. The minimum atomic E-state index is -0.464. The summed E-state index contributed by atoms with van der Waals surface area (Å²) in [6.45, 7) is 1.95. The average Bonchev–Trinajstić information content (AvgIpc) is 3.17. The Morgan fingerprint density at radius 1 is 1.28 bits per heavy atom. The van der Waals surface area contributed by atoms with Crippen LogP contribution < -0.4 is 11.2 Å². The van der Waals surface area contributed by atoms with E-state index in [2.05, 4.69) is 4.98 Å². The molecular weight excluding hydrogens is 340 g/mol. The van der Waals surface area contributed by atoms with E-state index >= 15 is 0 Å². The Bertz CT molecular complexity index is 1070. The molecule has 3 rings (SSSR count). The third-order valence-electron chi connectivity index (χ3n) is 4.40. The summed E-state index contributed by atoms with van der Waals surface area (Å²) < 4.78 is 2.30. The van der Waals surface area contributed by atoms with E-state index in [1.165, 1.54) is 23.9 Å². The first-order valence-electron chi connectivity index (χ1n) is 7.69. The van der Waals surface area contributed by atoms with Crippen molar-refractivity contribution in [1.82, 2.24) is 19.0 Å². The zero-order chi connectivity index (χ0) is 18.3. The van der Waals surface area contributed by atoms with E-state index in [-0.39, 0.29) is 23.0 Å². The number of thiophene rings is 1. The van der Waals surface area contributed by atoms with Crippen LogP contribution in [-0.4, -0.2) is 32.0 Å². The van der Waals surface area contributed by atoms with Crippen molar-refractivity contribution in [1.29, 1.82) is 0 Å². The molecule has 3 heterocycles. The fourth-order valence-electron chi connectivity index (χ4n) is 2.68. The zero-order valence-electron chi connectivity index (χ0n) is 14.4. The van der Waals surface area contributed by atoms with Crippen LogP contribution in [0.4, 0.5) is 0 Å². The maximum Gasteiger partial charge on any atom is 0.332 e. The van der Waals surface area contributed by atoms with Gasteiger partial charge in [0.25, 0.3) is 11.5 Å². The third-order valence-corrected chi connectivity index (χ3v) is 5.44. The van der Waals surface area contributed by atoms with E-state index in [1.54, 1.807) is 30.3 Å². The lowest BCUT2D eigenvalue weighted by atomic mass is 10.1. The average molecular weight is 358 g/mol. The Kier molecular flexibility index (Phi) is 4.30. The molecule has 0 saturated carbocycles. The highest BCUT2D eigenvalue weighted by Gasteiger charge is 2.21. The van der Waals surface area contributed by atoms with Gasteiger partial charge in [-0.2, -0.15) is 0 Å². The molecule has 0 aliphatic rings. The SMILES string of the molecule is CC(c1cccs1)N(C)C(=O)c1cnc2c(c1)c(=O)n(C)c(=O)n2C. The Balaban J connectivity index is 2.06. The summed E-state index contributed by atoms with van der Waals surface area (Å²) in [4.78, 5) is 44.0. The van der Waals surface area contributed by atoms with Crippen LogP contribution in [0.2, 0.25) is 0 Å². The molecule has 0 radical (unpaired) electrons. The van der Waals surface area contributed by atoms with Crippen molar-refractivity contribution in [3.05, 3.63) is 61.1 Å². The highest BCUT2D eigenvalue weighted by molar-refractivity contribution is 7.10. The summed E-state index contributed by atoms with van der Waals surface area (Å²) >= 11 is 1.58. The first-order valence-corrected chi connectivity index (χ1v) is 8.57. The first kappa shape index (κ1) is 17.1. The van der Waals surface area contributed by atoms with Crippen molar-refractivity contribution in [2.24, 2.45) is 14.1 Å². The van der Waals surface area contributed by atoms with E-state index in [4.69, 9.17) is 0 Å². The quantitative estimate of drug-likeness (QED) is 0.711. The van der Waals surface area contributed by atoms with Gasteiger partial charge in [-0.1, -0.05) is 6.07 Å². The monoisotopic (exact) mass is 358 g/mol. The van der Waals surface area contributed by atoms with E-state index < -0.39 is 11.2 Å². The van der Waals surface area contributed by atoms with Gasteiger partial charge in [0.15, 0.2) is 0 Å². The Labute approximate surface area is 147 Å². The highest BCUT2D eigenvalue weighted by Crippen LogP contribution is 2.24. The second-order valence-electron chi connectivity index (χ2n) is 5.91. The normalized spacial score (nSPS) is 12.3. The Morgan fingerprint density at radius 2 is 2.00 bits per heavy atom. The molecule has 7 nitrogen and oxygen atoms in total. The summed E-state index contributed by atoms with van der Waals surface area (Å²) in [6.07, 6.45) is 1.40. The number of hydrogen-bond donors (Lipinski definition) is 0. The van der Waals surface area contributed by atoms with Crippen LogP contribution in [0.1, 0.15) is 28.2 Å². The van der Waals surface area contributed by atoms with Gasteiger partial charge in [0.1, 0.15) is 5.65 Å². The van der Waals surface area contributed by atoms with Crippen molar-refractivity contribution in [3.8, 4) is 0 Å². The van der Waals surface area contributed by atoms with Crippen LogP contribution in [-0.2, 0) is 14.1 Å². The van der Waals surface area contributed by atoms with Gasteiger partial charge in [-0.3, -0.25) is 18.7 Å². The maximum atomic E-state index is 12.8. The largest absolute Gasteiger partial charge is 0.334 e. The molecule has 25 heavy (non-hydrogen) atoms. The molecule has 8 heteroatoms. The zero-order valence-corrected chi connectivity index (χ0v) is 15.2. The van der Waals surface area contributed by atoms with Crippen LogP contribution in [0.3, 0.4) is 0 Å². The Morgan fingerprint density at radius 3 is 2.64 bits per heavy atom.